The van der Waals surface area contributed by atoms with Crippen LogP contribution >= 0.6 is 0 Å². The molecule has 0 aromatic rings. The van der Waals surface area contributed by atoms with E-state index in [2.05, 4.69) is 0 Å². The van der Waals surface area contributed by atoms with E-state index < -0.39 is 0 Å². The molecular weight excluding hydrogens is 248 g/mol. The average Bonchev–Trinajstić information content (AvgIpc) is 2.24. The predicted molar refractivity (Wildman–Crippen MR) is 51.9 cm³/mol. The number of hydrogen-bond donors (Lipinski definition) is 0. The molecule has 15 heavy (non-hydrogen) atoms. The van der Waals surface area contributed by atoms with Crippen molar-refractivity contribution in [1.82, 2.24) is 0 Å². The van der Waals surface area contributed by atoms with Gasteiger partial charge in [-0.1, -0.05) is 13.8 Å². The SMILES string of the molecule is CCC(C[O-])OC.CCC(C[O-])OC.[Cu+2]. The van der Waals surface area contributed by atoms with Crippen LogP contribution in [-0.2, 0) is 26.5 Å². The van der Waals surface area contributed by atoms with Gasteiger partial charge >= 0.3 is 17.1 Å². The molecule has 4 nitrogen and oxygen atoms in total. The van der Waals surface area contributed by atoms with Crippen molar-refractivity contribution in [3.05, 3.63) is 0 Å². The first-order valence-electron chi connectivity index (χ1n) is 4.91. The summed E-state index contributed by atoms with van der Waals surface area (Å²) >= 11 is 0. The topological polar surface area (TPSA) is 64.6 Å². The van der Waals surface area contributed by atoms with Crippen molar-refractivity contribution in [2.45, 2.75) is 38.9 Å². The van der Waals surface area contributed by atoms with Crippen molar-refractivity contribution < 1.29 is 36.8 Å². The quantitative estimate of drug-likeness (QED) is 0.612. The number of methoxy groups -OCH3 is 2. The summed E-state index contributed by atoms with van der Waals surface area (Å²) in [6.45, 7) is 3.64. The van der Waals surface area contributed by atoms with Crippen molar-refractivity contribution in [1.29, 1.82) is 0 Å². The van der Waals surface area contributed by atoms with Crippen LogP contribution in [0.3, 0.4) is 0 Å². The third-order valence-corrected chi connectivity index (χ3v) is 1.95. The van der Waals surface area contributed by atoms with Crippen LogP contribution in [-0.4, -0.2) is 39.6 Å². The summed E-state index contributed by atoms with van der Waals surface area (Å²) in [5, 5.41) is 19.9. The van der Waals surface area contributed by atoms with Gasteiger partial charge in [0.05, 0.1) is 0 Å². The van der Waals surface area contributed by atoms with Gasteiger partial charge in [-0.2, -0.15) is 0 Å². The monoisotopic (exact) mass is 269 g/mol. The van der Waals surface area contributed by atoms with Crippen LogP contribution in [0.2, 0.25) is 0 Å². The van der Waals surface area contributed by atoms with Crippen molar-refractivity contribution in [3.8, 4) is 0 Å². The second-order valence-electron chi connectivity index (χ2n) is 2.87. The number of rotatable bonds is 6. The van der Waals surface area contributed by atoms with Gasteiger partial charge in [0.25, 0.3) is 0 Å². The molecule has 0 aliphatic carbocycles. The molecule has 0 aliphatic rings. The molecule has 0 saturated heterocycles. The standard InChI is InChI=1S/2C5H11O2.Cu/c2*1-3-5(4-6)7-2;/h2*5H,3-4H2,1-2H3;/q2*-1;+2. The Balaban J connectivity index is -0.000000180. The van der Waals surface area contributed by atoms with E-state index >= 15 is 0 Å². The van der Waals surface area contributed by atoms with Gasteiger partial charge in [0.1, 0.15) is 0 Å². The first-order chi connectivity index (χ1) is 6.69. The first kappa shape index (κ1) is 20.7. The van der Waals surface area contributed by atoms with E-state index in [1.165, 1.54) is 0 Å². The maximum Gasteiger partial charge on any atom is 2.00 e. The van der Waals surface area contributed by atoms with Crippen molar-refractivity contribution >= 4 is 0 Å². The van der Waals surface area contributed by atoms with Crippen LogP contribution in [0.1, 0.15) is 26.7 Å². The Labute approximate surface area is 103 Å². The predicted octanol–water partition coefficient (Wildman–Crippen LogP) is -0.459. The third-order valence-electron chi connectivity index (χ3n) is 1.95. The summed E-state index contributed by atoms with van der Waals surface area (Å²) in [5.41, 5.74) is 0. The van der Waals surface area contributed by atoms with E-state index in [-0.39, 0.29) is 42.5 Å². The number of ether oxygens (including phenoxy) is 2. The zero-order chi connectivity index (χ0) is 11.4. The van der Waals surface area contributed by atoms with E-state index in [9.17, 15) is 10.2 Å². The first-order valence-corrected chi connectivity index (χ1v) is 4.91. The maximum absolute atomic E-state index is 9.97. The zero-order valence-electron chi connectivity index (χ0n) is 9.92. The van der Waals surface area contributed by atoms with Crippen LogP contribution in [0.4, 0.5) is 0 Å². The minimum atomic E-state index is -0.118. The molecule has 2 atom stereocenters. The molecule has 97 valence electrons. The Morgan fingerprint density at radius 3 is 1.13 bits per heavy atom. The molecule has 2 unspecified atom stereocenters. The largest absolute Gasteiger partial charge is 2.00 e. The molecule has 0 aromatic carbocycles. The van der Waals surface area contributed by atoms with Gasteiger partial charge in [-0.25, -0.2) is 0 Å². The molecule has 0 N–H and O–H groups in total. The molecule has 0 rings (SSSR count). The second kappa shape index (κ2) is 16.8. The summed E-state index contributed by atoms with van der Waals surface area (Å²) in [6, 6.07) is 0. The van der Waals surface area contributed by atoms with Gasteiger partial charge < -0.3 is 19.7 Å². The van der Waals surface area contributed by atoms with Crippen molar-refractivity contribution in [3.63, 3.8) is 0 Å². The summed E-state index contributed by atoms with van der Waals surface area (Å²) in [5.74, 6) is 0. The van der Waals surface area contributed by atoms with E-state index in [0.717, 1.165) is 12.8 Å². The van der Waals surface area contributed by atoms with Gasteiger partial charge in [0, 0.05) is 26.4 Å². The van der Waals surface area contributed by atoms with Crippen LogP contribution in [0.25, 0.3) is 0 Å². The molecule has 5 heteroatoms. The summed E-state index contributed by atoms with van der Waals surface area (Å²) in [6.07, 6.45) is 1.50. The average molecular weight is 270 g/mol. The van der Waals surface area contributed by atoms with Gasteiger partial charge in [-0.15, -0.1) is 13.2 Å². The molecule has 0 bridgehead atoms. The van der Waals surface area contributed by atoms with Gasteiger partial charge in [0.2, 0.25) is 0 Å². The molecular formula is C10H22CuO4. The Hall–Kier alpha value is 0.359. The Bertz CT molecular complexity index is 72.4. The van der Waals surface area contributed by atoms with E-state index in [0.29, 0.717) is 0 Å². The molecule has 1 radical (unpaired) electrons. The minimum absolute atomic E-state index is 0. The van der Waals surface area contributed by atoms with Gasteiger partial charge in [-0.05, 0) is 12.8 Å². The maximum atomic E-state index is 9.97. The summed E-state index contributed by atoms with van der Waals surface area (Å²) < 4.78 is 9.47. The van der Waals surface area contributed by atoms with Crippen molar-refractivity contribution in [2.75, 3.05) is 27.4 Å². The summed E-state index contributed by atoms with van der Waals surface area (Å²) in [7, 11) is 3.12. The van der Waals surface area contributed by atoms with E-state index in [4.69, 9.17) is 9.47 Å². The molecule has 0 aliphatic heterocycles. The Morgan fingerprint density at radius 1 is 0.867 bits per heavy atom. The molecule has 0 amide bonds. The molecule has 0 spiro atoms. The number of hydrogen-bond acceptors (Lipinski definition) is 4. The zero-order valence-corrected chi connectivity index (χ0v) is 10.9. The third kappa shape index (κ3) is 14.4. The van der Waals surface area contributed by atoms with E-state index in [1.807, 2.05) is 13.8 Å². The van der Waals surface area contributed by atoms with Gasteiger partial charge in [-0.3, -0.25) is 0 Å². The summed E-state index contributed by atoms with van der Waals surface area (Å²) in [4.78, 5) is 0. The van der Waals surface area contributed by atoms with Gasteiger partial charge in [0.15, 0.2) is 0 Å². The fourth-order valence-corrected chi connectivity index (χ4v) is 0.705. The molecule has 0 heterocycles. The fourth-order valence-electron chi connectivity index (χ4n) is 0.705. The Kier molecular flexibility index (Phi) is 23.2. The fraction of sp³-hybridized carbons (Fsp3) is 1.00. The van der Waals surface area contributed by atoms with Crippen LogP contribution in [0.5, 0.6) is 0 Å². The van der Waals surface area contributed by atoms with Crippen LogP contribution in [0.15, 0.2) is 0 Å². The second-order valence-corrected chi connectivity index (χ2v) is 2.87. The van der Waals surface area contributed by atoms with Crippen LogP contribution in [0, 0.1) is 0 Å². The molecule has 0 fully saturated rings. The molecule has 0 aromatic heterocycles. The smallest absolute Gasteiger partial charge is 0.853 e. The molecule has 0 saturated carbocycles. The van der Waals surface area contributed by atoms with Crippen LogP contribution < -0.4 is 10.2 Å². The van der Waals surface area contributed by atoms with E-state index in [1.54, 1.807) is 14.2 Å². The normalized spacial score (nSPS) is 13.2. The van der Waals surface area contributed by atoms with Crippen molar-refractivity contribution in [2.24, 2.45) is 0 Å². The Morgan fingerprint density at radius 2 is 1.13 bits per heavy atom. The minimum Gasteiger partial charge on any atom is -0.853 e.